The molecule has 3 rings (SSSR count). The second-order valence-corrected chi connectivity index (χ2v) is 5.16. The highest BCUT2D eigenvalue weighted by atomic mass is 16.5. The number of fused-ring (bicyclic) bond motifs is 1. The molecule has 1 aromatic heterocycles. The minimum absolute atomic E-state index is 0.248. The first-order valence-corrected chi connectivity index (χ1v) is 6.75. The summed E-state index contributed by atoms with van der Waals surface area (Å²) in [5, 5.41) is 28.5. The molecule has 0 saturated carbocycles. The van der Waals surface area contributed by atoms with Gasteiger partial charge in [0.2, 0.25) is 0 Å². The van der Waals surface area contributed by atoms with Crippen LogP contribution < -0.4 is 5.63 Å². The highest BCUT2D eigenvalue weighted by Gasteiger charge is 2.35. The zero-order chi connectivity index (χ0) is 15.9. The fourth-order valence-electron chi connectivity index (χ4n) is 2.69. The van der Waals surface area contributed by atoms with Crippen molar-refractivity contribution >= 4 is 16.9 Å². The van der Waals surface area contributed by atoms with Crippen LogP contribution in [0.2, 0.25) is 0 Å². The number of ether oxygens (including phenoxy) is 1. The van der Waals surface area contributed by atoms with E-state index in [9.17, 15) is 14.7 Å². The molecule has 3 atom stereocenters. The summed E-state index contributed by atoms with van der Waals surface area (Å²) in [6, 6.07) is 6.18. The number of benzene rings is 1. The first-order chi connectivity index (χ1) is 10.5. The fraction of sp³-hybridized carbons (Fsp3) is 0.333. The van der Waals surface area contributed by atoms with Gasteiger partial charge < -0.3 is 24.5 Å². The normalized spacial score (nSPS) is 24.7. The molecule has 116 valence electrons. The molecule has 2 heterocycles. The monoisotopic (exact) mass is 306 g/mol. The van der Waals surface area contributed by atoms with Crippen molar-refractivity contribution in [1.29, 1.82) is 0 Å². The molecule has 1 aromatic carbocycles. The van der Waals surface area contributed by atoms with Crippen LogP contribution in [0.4, 0.5) is 0 Å². The molecule has 0 unspecified atom stereocenters. The molecule has 0 radical (unpaired) electrons. The summed E-state index contributed by atoms with van der Waals surface area (Å²) in [6.07, 6.45) is -1.73. The minimum atomic E-state index is -1.37. The van der Waals surface area contributed by atoms with Gasteiger partial charge in [-0.05, 0) is 17.7 Å². The van der Waals surface area contributed by atoms with Crippen molar-refractivity contribution in [3.8, 4) is 0 Å². The van der Waals surface area contributed by atoms with E-state index in [0.29, 0.717) is 10.9 Å². The third kappa shape index (κ3) is 2.39. The van der Waals surface area contributed by atoms with E-state index >= 15 is 0 Å². The van der Waals surface area contributed by atoms with Crippen molar-refractivity contribution in [2.45, 2.75) is 24.7 Å². The zero-order valence-corrected chi connectivity index (χ0v) is 11.4. The predicted molar refractivity (Wildman–Crippen MR) is 74.8 cm³/mol. The third-order valence-corrected chi connectivity index (χ3v) is 3.79. The van der Waals surface area contributed by atoms with E-state index in [0.717, 1.165) is 0 Å². The maximum absolute atomic E-state index is 11.6. The molecule has 0 aliphatic carbocycles. The van der Waals surface area contributed by atoms with Gasteiger partial charge in [0.1, 0.15) is 17.3 Å². The molecule has 0 bridgehead atoms. The average Bonchev–Trinajstić information content (AvgIpc) is 2.86. The van der Waals surface area contributed by atoms with Crippen LogP contribution in [0.25, 0.3) is 11.0 Å². The van der Waals surface area contributed by atoms with E-state index in [4.69, 9.17) is 19.4 Å². The Morgan fingerprint density at radius 1 is 1.36 bits per heavy atom. The number of aliphatic hydroxyl groups excluding tert-OH is 2. The zero-order valence-electron chi connectivity index (χ0n) is 11.4. The maximum atomic E-state index is 11.6. The summed E-state index contributed by atoms with van der Waals surface area (Å²) in [4.78, 5) is 22.7. The first kappa shape index (κ1) is 14.7. The van der Waals surface area contributed by atoms with Crippen LogP contribution in [-0.4, -0.2) is 40.1 Å². The molecular weight excluding hydrogens is 292 g/mol. The van der Waals surface area contributed by atoms with Crippen molar-refractivity contribution in [3.05, 3.63) is 45.8 Å². The highest BCUT2D eigenvalue weighted by molar-refractivity contribution is 5.92. The van der Waals surface area contributed by atoms with Crippen LogP contribution in [0.5, 0.6) is 0 Å². The maximum Gasteiger partial charge on any atom is 0.351 e. The van der Waals surface area contributed by atoms with Gasteiger partial charge in [0, 0.05) is 11.8 Å². The number of carbonyl (C=O) groups is 1. The van der Waals surface area contributed by atoms with Crippen LogP contribution in [0.1, 0.15) is 28.4 Å². The van der Waals surface area contributed by atoms with E-state index in [1.54, 1.807) is 18.2 Å². The first-order valence-electron chi connectivity index (χ1n) is 6.75. The Kier molecular flexibility index (Phi) is 3.69. The smallest absolute Gasteiger partial charge is 0.351 e. The quantitative estimate of drug-likeness (QED) is 0.713. The number of aromatic carboxylic acids is 1. The van der Waals surface area contributed by atoms with E-state index in [1.165, 1.54) is 6.07 Å². The highest BCUT2D eigenvalue weighted by Crippen LogP contribution is 2.36. The number of hydrogen-bond donors (Lipinski definition) is 3. The Balaban J connectivity index is 2.12. The molecule has 1 fully saturated rings. The van der Waals surface area contributed by atoms with Gasteiger partial charge in [-0.15, -0.1) is 0 Å². The third-order valence-electron chi connectivity index (χ3n) is 3.79. The molecule has 1 aliphatic rings. The molecule has 3 N–H and O–H groups in total. The Labute approximate surface area is 124 Å². The standard InChI is InChI=1S/C15H14O7/c16-6-13-10(17)5-12(21-13)7-2-1-3-11-8(7)4-9(14(18)19)15(20)22-11/h1-4,10,12-13,16-17H,5-6H2,(H,18,19)/t10-,12-,13-/m1/s1. The second kappa shape index (κ2) is 5.53. The molecule has 7 nitrogen and oxygen atoms in total. The largest absolute Gasteiger partial charge is 0.477 e. The topological polar surface area (TPSA) is 117 Å². The van der Waals surface area contributed by atoms with Crippen molar-refractivity contribution in [2.24, 2.45) is 0 Å². The lowest BCUT2D eigenvalue weighted by atomic mass is 10.00. The van der Waals surface area contributed by atoms with E-state index in [-0.39, 0.29) is 18.6 Å². The van der Waals surface area contributed by atoms with Crippen LogP contribution in [0.15, 0.2) is 33.5 Å². The van der Waals surface area contributed by atoms with E-state index < -0.39 is 35.5 Å². The lowest BCUT2D eigenvalue weighted by Crippen LogP contribution is -2.24. The number of carboxylic acid groups (broad SMARTS) is 1. The van der Waals surface area contributed by atoms with E-state index in [2.05, 4.69) is 0 Å². The molecule has 1 aliphatic heterocycles. The lowest BCUT2D eigenvalue weighted by Gasteiger charge is -2.14. The van der Waals surface area contributed by atoms with Crippen LogP contribution in [0, 0.1) is 0 Å². The van der Waals surface area contributed by atoms with Crippen molar-refractivity contribution in [1.82, 2.24) is 0 Å². The molecule has 1 saturated heterocycles. The van der Waals surface area contributed by atoms with Crippen molar-refractivity contribution in [2.75, 3.05) is 6.61 Å². The van der Waals surface area contributed by atoms with Gasteiger partial charge in [-0.3, -0.25) is 0 Å². The van der Waals surface area contributed by atoms with E-state index in [1.807, 2.05) is 0 Å². The number of aliphatic hydroxyl groups is 2. The average molecular weight is 306 g/mol. The SMILES string of the molecule is O=C(O)c1cc2c([C@H]3C[C@@H](O)[C@@H](CO)O3)cccc2oc1=O. The molecule has 22 heavy (non-hydrogen) atoms. The van der Waals surface area contributed by atoms with Gasteiger partial charge in [0.05, 0.1) is 18.8 Å². The van der Waals surface area contributed by atoms with Gasteiger partial charge in [0.25, 0.3) is 0 Å². The Morgan fingerprint density at radius 3 is 2.77 bits per heavy atom. The lowest BCUT2D eigenvalue weighted by molar-refractivity contribution is -0.0222. The Hall–Kier alpha value is -2.22. The summed E-state index contributed by atoms with van der Waals surface area (Å²) < 4.78 is 10.6. The van der Waals surface area contributed by atoms with Gasteiger partial charge in [-0.2, -0.15) is 0 Å². The number of rotatable bonds is 3. The molecule has 0 spiro atoms. The van der Waals surface area contributed by atoms with Gasteiger partial charge in [-0.1, -0.05) is 12.1 Å². The summed E-state index contributed by atoms with van der Waals surface area (Å²) >= 11 is 0. The van der Waals surface area contributed by atoms with Crippen molar-refractivity contribution in [3.63, 3.8) is 0 Å². The summed E-state index contributed by atoms with van der Waals surface area (Å²) in [6.45, 7) is -0.308. The van der Waals surface area contributed by atoms with Gasteiger partial charge in [-0.25, -0.2) is 9.59 Å². The molecule has 2 aromatic rings. The minimum Gasteiger partial charge on any atom is -0.477 e. The Bertz CT molecular complexity index is 779. The van der Waals surface area contributed by atoms with Crippen LogP contribution >= 0.6 is 0 Å². The predicted octanol–water partition coefficient (Wildman–Crippen LogP) is 0.674. The number of hydrogen-bond acceptors (Lipinski definition) is 6. The van der Waals surface area contributed by atoms with Crippen LogP contribution in [-0.2, 0) is 4.74 Å². The molecular formula is C15H14O7. The number of carboxylic acids is 1. The van der Waals surface area contributed by atoms with Gasteiger partial charge >= 0.3 is 11.6 Å². The van der Waals surface area contributed by atoms with Crippen LogP contribution in [0.3, 0.4) is 0 Å². The molecule has 0 amide bonds. The summed E-state index contributed by atoms with van der Waals surface area (Å²) in [5.74, 6) is -1.37. The summed E-state index contributed by atoms with van der Waals surface area (Å²) in [5.41, 5.74) is -0.522. The summed E-state index contributed by atoms with van der Waals surface area (Å²) in [7, 11) is 0. The van der Waals surface area contributed by atoms with Crippen molar-refractivity contribution < 1.29 is 29.3 Å². The van der Waals surface area contributed by atoms with Gasteiger partial charge in [0.15, 0.2) is 0 Å². The second-order valence-electron chi connectivity index (χ2n) is 5.16. The Morgan fingerprint density at radius 2 is 2.14 bits per heavy atom. The fourth-order valence-corrected chi connectivity index (χ4v) is 2.69. The molecule has 7 heteroatoms.